The second-order valence-corrected chi connectivity index (χ2v) is 4.83. The molecule has 2 aromatic rings. The predicted molar refractivity (Wildman–Crippen MR) is 78.6 cm³/mol. The molecule has 0 saturated carbocycles. The molecule has 0 fully saturated rings. The average Bonchev–Trinajstić information content (AvgIpc) is 2.94. The minimum Gasteiger partial charge on any atom is -0.395 e. The van der Waals surface area contributed by atoms with Gasteiger partial charge in [-0.1, -0.05) is 13.8 Å². The van der Waals surface area contributed by atoms with Gasteiger partial charge in [0.15, 0.2) is 0 Å². The summed E-state index contributed by atoms with van der Waals surface area (Å²) in [5, 5.41) is 9.20. The fourth-order valence-corrected chi connectivity index (χ4v) is 2.52. The van der Waals surface area contributed by atoms with Crippen LogP contribution in [0.3, 0.4) is 0 Å². The molecule has 0 radical (unpaired) electrons. The Morgan fingerprint density at radius 2 is 2.15 bits per heavy atom. The number of hydrogen-bond acceptors (Lipinski definition) is 3. The molecule has 2 rings (SSSR count). The van der Waals surface area contributed by atoms with E-state index in [1.807, 2.05) is 12.1 Å². The summed E-state index contributed by atoms with van der Waals surface area (Å²) in [4.78, 5) is 21.6. The van der Waals surface area contributed by atoms with Crippen LogP contribution in [0.15, 0.2) is 24.5 Å². The quantitative estimate of drug-likeness (QED) is 0.849. The Balaban J connectivity index is 2.29. The number of aromatic amines is 1. The SMILES string of the molecule is CCC(CC)N(CCO)C(=O)c1ccc2nc[nH]c2c1. The van der Waals surface area contributed by atoms with Crippen LogP contribution in [0.2, 0.25) is 0 Å². The van der Waals surface area contributed by atoms with E-state index in [2.05, 4.69) is 23.8 Å². The number of fused-ring (bicyclic) bond motifs is 1. The number of imidazole rings is 1. The standard InChI is InChI=1S/C15H21N3O2/c1-3-12(4-2)18(7-8-19)15(20)11-5-6-13-14(9-11)17-10-16-13/h5-6,9-10,12,19H,3-4,7-8H2,1-2H3,(H,16,17). The zero-order valence-corrected chi connectivity index (χ0v) is 12.0. The van der Waals surface area contributed by atoms with Crippen molar-refractivity contribution >= 4 is 16.9 Å². The Bertz CT molecular complexity index is 575. The molecule has 1 aromatic carbocycles. The Morgan fingerprint density at radius 3 is 2.80 bits per heavy atom. The van der Waals surface area contributed by atoms with Crippen molar-refractivity contribution in [2.24, 2.45) is 0 Å². The van der Waals surface area contributed by atoms with Gasteiger partial charge in [-0.2, -0.15) is 0 Å². The molecule has 20 heavy (non-hydrogen) atoms. The lowest BCUT2D eigenvalue weighted by molar-refractivity contribution is 0.0622. The van der Waals surface area contributed by atoms with Crippen molar-refractivity contribution in [2.75, 3.05) is 13.2 Å². The second kappa shape index (κ2) is 6.52. The molecular formula is C15H21N3O2. The van der Waals surface area contributed by atoms with Crippen LogP contribution in [-0.2, 0) is 0 Å². The largest absolute Gasteiger partial charge is 0.395 e. The third-order valence-corrected chi connectivity index (χ3v) is 3.65. The fourth-order valence-electron chi connectivity index (χ4n) is 2.52. The fraction of sp³-hybridized carbons (Fsp3) is 0.467. The third kappa shape index (κ3) is 2.82. The number of benzene rings is 1. The second-order valence-electron chi connectivity index (χ2n) is 4.83. The van der Waals surface area contributed by atoms with Crippen molar-refractivity contribution in [3.05, 3.63) is 30.1 Å². The zero-order chi connectivity index (χ0) is 14.5. The van der Waals surface area contributed by atoms with Gasteiger partial charge < -0.3 is 15.0 Å². The van der Waals surface area contributed by atoms with E-state index in [1.54, 1.807) is 17.3 Å². The molecule has 1 heterocycles. The van der Waals surface area contributed by atoms with Crippen LogP contribution < -0.4 is 0 Å². The number of aliphatic hydroxyl groups excluding tert-OH is 1. The Kier molecular flexibility index (Phi) is 4.74. The minimum absolute atomic E-state index is 0.0193. The van der Waals surface area contributed by atoms with E-state index in [4.69, 9.17) is 0 Å². The van der Waals surface area contributed by atoms with Gasteiger partial charge in [0.2, 0.25) is 0 Å². The minimum atomic E-state index is -0.0377. The maximum absolute atomic E-state index is 12.6. The van der Waals surface area contributed by atoms with E-state index < -0.39 is 0 Å². The van der Waals surface area contributed by atoms with Crippen molar-refractivity contribution in [3.8, 4) is 0 Å². The lowest BCUT2D eigenvalue weighted by Gasteiger charge is -2.30. The van der Waals surface area contributed by atoms with E-state index in [9.17, 15) is 9.90 Å². The number of H-pyrrole nitrogens is 1. The summed E-state index contributed by atoms with van der Waals surface area (Å²) in [6.45, 7) is 4.47. The van der Waals surface area contributed by atoms with Crippen LogP contribution >= 0.6 is 0 Å². The molecular weight excluding hydrogens is 254 g/mol. The molecule has 0 saturated heterocycles. The molecule has 2 N–H and O–H groups in total. The highest BCUT2D eigenvalue weighted by molar-refractivity contribution is 5.97. The van der Waals surface area contributed by atoms with Crippen LogP contribution in [0.25, 0.3) is 11.0 Å². The number of rotatable bonds is 6. The number of nitrogens with zero attached hydrogens (tertiary/aromatic N) is 2. The Labute approximate surface area is 118 Å². The number of carbonyl (C=O) groups is 1. The van der Waals surface area contributed by atoms with Gasteiger partial charge in [-0.05, 0) is 31.0 Å². The molecule has 108 valence electrons. The Hall–Kier alpha value is -1.88. The van der Waals surface area contributed by atoms with Crippen LogP contribution in [0.5, 0.6) is 0 Å². The summed E-state index contributed by atoms with van der Waals surface area (Å²) in [6, 6.07) is 5.60. The smallest absolute Gasteiger partial charge is 0.254 e. The number of aromatic nitrogens is 2. The van der Waals surface area contributed by atoms with Gasteiger partial charge in [-0.3, -0.25) is 4.79 Å². The number of aliphatic hydroxyl groups is 1. The molecule has 0 aliphatic heterocycles. The molecule has 1 aromatic heterocycles. The predicted octanol–water partition coefficient (Wildman–Crippen LogP) is 2.19. The average molecular weight is 275 g/mol. The van der Waals surface area contributed by atoms with Gasteiger partial charge in [0, 0.05) is 18.2 Å². The molecule has 5 heteroatoms. The molecule has 0 aliphatic carbocycles. The number of hydrogen-bond donors (Lipinski definition) is 2. The molecule has 0 aliphatic rings. The Morgan fingerprint density at radius 1 is 1.40 bits per heavy atom. The topological polar surface area (TPSA) is 69.2 Å². The molecule has 0 atom stereocenters. The van der Waals surface area contributed by atoms with Crippen molar-refractivity contribution < 1.29 is 9.90 Å². The summed E-state index contributed by atoms with van der Waals surface area (Å²) < 4.78 is 0. The van der Waals surface area contributed by atoms with Gasteiger partial charge in [-0.25, -0.2) is 4.98 Å². The highest BCUT2D eigenvalue weighted by atomic mass is 16.3. The maximum atomic E-state index is 12.6. The van der Waals surface area contributed by atoms with Crippen molar-refractivity contribution in [1.82, 2.24) is 14.9 Å². The van der Waals surface area contributed by atoms with Gasteiger partial charge in [0.05, 0.1) is 24.0 Å². The lowest BCUT2D eigenvalue weighted by Crippen LogP contribution is -2.41. The van der Waals surface area contributed by atoms with Gasteiger partial charge in [0.25, 0.3) is 5.91 Å². The van der Waals surface area contributed by atoms with Crippen LogP contribution in [-0.4, -0.2) is 45.1 Å². The molecule has 1 amide bonds. The first-order valence-corrected chi connectivity index (χ1v) is 7.06. The van der Waals surface area contributed by atoms with E-state index in [1.165, 1.54) is 0 Å². The highest BCUT2D eigenvalue weighted by Crippen LogP contribution is 2.17. The van der Waals surface area contributed by atoms with E-state index in [0.717, 1.165) is 23.9 Å². The zero-order valence-electron chi connectivity index (χ0n) is 12.0. The molecule has 0 unspecified atom stereocenters. The number of amides is 1. The highest BCUT2D eigenvalue weighted by Gasteiger charge is 2.22. The summed E-state index contributed by atoms with van der Waals surface area (Å²) in [5.74, 6) is -0.0377. The van der Waals surface area contributed by atoms with Crippen LogP contribution in [0.1, 0.15) is 37.0 Å². The summed E-state index contributed by atoms with van der Waals surface area (Å²) in [5.41, 5.74) is 2.32. The number of carbonyl (C=O) groups excluding carboxylic acids is 1. The monoisotopic (exact) mass is 275 g/mol. The van der Waals surface area contributed by atoms with E-state index >= 15 is 0 Å². The first kappa shape index (κ1) is 14.5. The van der Waals surface area contributed by atoms with Crippen LogP contribution in [0, 0.1) is 0 Å². The molecule has 0 bridgehead atoms. The normalized spacial score (nSPS) is 11.2. The van der Waals surface area contributed by atoms with E-state index in [0.29, 0.717) is 12.1 Å². The number of nitrogens with one attached hydrogen (secondary N) is 1. The van der Waals surface area contributed by atoms with Crippen molar-refractivity contribution in [2.45, 2.75) is 32.7 Å². The first-order chi connectivity index (χ1) is 9.71. The van der Waals surface area contributed by atoms with E-state index in [-0.39, 0.29) is 18.6 Å². The van der Waals surface area contributed by atoms with Gasteiger partial charge in [-0.15, -0.1) is 0 Å². The van der Waals surface area contributed by atoms with Crippen molar-refractivity contribution in [1.29, 1.82) is 0 Å². The lowest BCUT2D eigenvalue weighted by atomic mass is 10.1. The molecule has 0 spiro atoms. The van der Waals surface area contributed by atoms with Crippen molar-refractivity contribution in [3.63, 3.8) is 0 Å². The van der Waals surface area contributed by atoms with Crippen LogP contribution in [0.4, 0.5) is 0 Å². The maximum Gasteiger partial charge on any atom is 0.254 e. The first-order valence-electron chi connectivity index (χ1n) is 7.06. The summed E-state index contributed by atoms with van der Waals surface area (Å²) >= 11 is 0. The summed E-state index contributed by atoms with van der Waals surface area (Å²) in [6.07, 6.45) is 3.38. The van der Waals surface area contributed by atoms with Gasteiger partial charge in [0.1, 0.15) is 0 Å². The molecule has 5 nitrogen and oxygen atoms in total. The van der Waals surface area contributed by atoms with Gasteiger partial charge >= 0.3 is 0 Å². The third-order valence-electron chi connectivity index (χ3n) is 3.65. The summed E-state index contributed by atoms with van der Waals surface area (Å²) in [7, 11) is 0.